The van der Waals surface area contributed by atoms with Crippen LogP contribution in [0.4, 0.5) is 5.69 Å². The smallest absolute Gasteiger partial charge is 0.253 e. The van der Waals surface area contributed by atoms with Crippen molar-refractivity contribution in [3.63, 3.8) is 0 Å². The van der Waals surface area contributed by atoms with Crippen molar-refractivity contribution in [3.05, 3.63) is 59.1 Å². The average Bonchev–Trinajstić information content (AvgIpc) is 2.74. The molecular weight excluding hydrogens is 342 g/mol. The molecule has 0 saturated carbocycles. The maximum Gasteiger partial charge on any atom is 0.253 e. The van der Waals surface area contributed by atoms with Gasteiger partial charge in [-0.25, -0.2) is 0 Å². The molecule has 0 bridgehead atoms. The van der Waals surface area contributed by atoms with Gasteiger partial charge in [-0.3, -0.25) is 4.79 Å². The van der Waals surface area contributed by atoms with Crippen molar-refractivity contribution in [1.82, 2.24) is 0 Å². The van der Waals surface area contributed by atoms with Crippen molar-refractivity contribution in [2.45, 2.75) is 30.1 Å². The predicted octanol–water partition coefficient (Wildman–Crippen LogP) is 4.77. The fraction of sp³-hybridized carbons (Fsp3) is 0.316. The van der Waals surface area contributed by atoms with E-state index in [0.29, 0.717) is 23.4 Å². The van der Waals surface area contributed by atoms with Crippen molar-refractivity contribution in [2.75, 3.05) is 18.1 Å². The summed E-state index contributed by atoms with van der Waals surface area (Å²) in [6.07, 6.45) is 0.946. The third kappa shape index (κ3) is 4.32. The second-order valence-electron chi connectivity index (χ2n) is 5.85. The number of halogens is 1. The van der Waals surface area contributed by atoms with Crippen molar-refractivity contribution in [1.29, 1.82) is 0 Å². The number of nitrogens with zero attached hydrogens (tertiary/aromatic N) is 1. The number of fused-ring (bicyclic) bond motifs is 1. The standard InChI is InChI=1S/C19H20ClNO2S/c1-14-9-10-21(17-11-16(20)7-8-18(17)24-14)19(22)13-23-12-15-5-3-2-4-6-15/h2-8,11,14H,9-10,12-13H2,1H3. The average molecular weight is 362 g/mol. The molecule has 0 aromatic heterocycles. The number of amides is 1. The molecular formula is C19H20ClNO2S. The van der Waals surface area contributed by atoms with Gasteiger partial charge in [0.2, 0.25) is 0 Å². The molecule has 2 aromatic rings. The van der Waals surface area contributed by atoms with E-state index in [2.05, 4.69) is 6.92 Å². The largest absolute Gasteiger partial charge is 0.367 e. The molecule has 0 saturated heterocycles. The van der Waals surface area contributed by atoms with Gasteiger partial charge in [-0.2, -0.15) is 0 Å². The Kier molecular flexibility index (Phi) is 5.82. The van der Waals surface area contributed by atoms with Gasteiger partial charge in [-0.05, 0) is 30.2 Å². The van der Waals surface area contributed by atoms with Crippen LogP contribution in [0.2, 0.25) is 5.02 Å². The summed E-state index contributed by atoms with van der Waals surface area (Å²) in [5.74, 6) is -0.0239. The SMILES string of the molecule is CC1CCN(C(=O)COCc2ccccc2)c2cc(Cl)ccc2S1. The molecule has 0 aliphatic carbocycles. The summed E-state index contributed by atoms with van der Waals surface area (Å²) >= 11 is 7.93. The maximum absolute atomic E-state index is 12.7. The molecule has 1 aliphatic heterocycles. The lowest BCUT2D eigenvalue weighted by atomic mass is 10.2. The summed E-state index contributed by atoms with van der Waals surface area (Å²) in [7, 11) is 0. The molecule has 0 fully saturated rings. The third-order valence-electron chi connectivity index (χ3n) is 3.94. The van der Waals surface area contributed by atoms with Crippen LogP contribution in [-0.2, 0) is 16.1 Å². The van der Waals surface area contributed by atoms with Gasteiger partial charge in [0.05, 0.1) is 12.3 Å². The summed E-state index contributed by atoms with van der Waals surface area (Å²) in [5.41, 5.74) is 1.96. The number of hydrogen-bond donors (Lipinski definition) is 0. The molecule has 0 radical (unpaired) electrons. The molecule has 126 valence electrons. The van der Waals surface area contributed by atoms with Gasteiger partial charge in [0, 0.05) is 21.7 Å². The molecule has 1 amide bonds. The minimum atomic E-state index is -0.0239. The number of rotatable bonds is 4. The fourth-order valence-electron chi connectivity index (χ4n) is 2.68. The lowest BCUT2D eigenvalue weighted by molar-refractivity contribution is -0.123. The topological polar surface area (TPSA) is 29.5 Å². The second-order valence-corrected chi connectivity index (χ2v) is 7.77. The molecule has 1 heterocycles. The lowest BCUT2D eigenvalue weighted by Crippen LogP contribution is -2.35. The Morgan fingerprint density at radius 3 is 2.88 bits per heavy atom. The first kappa shape index (κ1) is 17.3. The van der Waals surface area contributed by atoms with Crippen LogP contribution in [0.5, 0.6) is 0 Å². The first-order chi connectivity index (χ1) is 11.6. The van der Waals surface area contributed by atoms with E-state index in [1.807, 2.05) is 53.4 Å². The molecule has 2 aromatic carbocycles. The second kappa shape index (κ2) is 8.06. The van der Waals surface area contributed by atoms with Crippen LogP contribution in [0.3, 0.4) is 0 Å². The molecule has 24 heavy (non-hydrogen) atoms. The Hall–Kier alpha value is -1.49. The zero-order valence-corrected chi connectivity index (χ0v) is 15.1. The summed E-state index contributed by atoms with van der Waals surface area (Å²) in [6.45, 7) is 3.38. The van der Waals surface area contributed by atoms with Crippen molar-refractivity contribution in [2.24, 2.45) is 0 Å². The van der Waals surface area contributed by atoms with Gasteiger partial charge < -0.3 is 9.64 Å². The normalized spacial score (nSPS) is 17.2. The van der Waals surface area contributed by atoms with Gasteiger partial charge in [-0.15, -0.1) is 11.8 Å². The van der Waals surface area contributed by atoms with E-state index in [-0.39, 0.29) is 12.5 Å². The van der Waals surface area contributed by atoms with E-state index in [0.717, 1.165) is 22.6 Å². The van der Waals surface area contributed by atoms with Crippen LogP contribution in [-0.4, -0.2) is 24.3 Å². The Labute approximate surface area is 151 Å². The highest BCUT2D eigenvalue weighted by Crippen LogP contribution is 2.39. The zero-order chi connectivity index (χ0) is 16.9. The highest BCUT2D eigenvalue weighted by Gasteiger charge is 2.24. The van der Waals surface area contributed by atoms with E-state index in [4.69, 9.17) is 16.3 Å². The number of benzene rings is 2. The highest BCUT2D eigenvalue weighted by molar-refractivity contribution is 8.00. The first-order valence-electron chi connectivity index (χ1n) is 8.02. The van der Waals surface area contributed by atoms with Crippen LogP contribution in [0.15, 0.2) is 53.4 Å². The van der Waals surface area contributed by atoms with Gasteiger partial charge in [0.1, 0.15) is 6.61 Å². The molecule has 0 spiro atoms. The van der Waals surface area contributed by atoms with Crippen LogP contribution in [0, 0.1) is 0 Å². The van der Waals surface area contributed by atoms with E-state index in [1.165, 1.54) is 0 Å². The minimum Gasteiger partial charge on any atom is -0.367 e. The Morgan fingerprint density at radius 2 is 2.08 bits per heavy atom. The first-order valence-corrected chi connectivity index (χ1v) is 9.27. The van der Waals surface area contributed by atoms with Gasteiger partial charge in [0.15, 0.2) is 0 Å². The number of carbonyl (C=O) groups is 1. The zero-order valence-electron chi connectivity index (χ0n) is 13.6. The quantitative estimate of drug-likeness (QED) is 0.785. The minimum absolute atomic E-state index is 0.0239. The van der Waals surface area contributed by atoms with Crippen LogP contribution in [0.1, 0.15) is 18.9 Å². The summed E-state index contributed by atoms with van der Waals surface area (Å²) in [6, 6.07) is 15.6. The lowest BCUT2D eigenvalue weighted by Gasteiger charge is -2.22. The monoisotopic (exact) mass is 361 g/mol. The van der Waals surface area contributed by atoms with E-state index >= 15 is 0 Å². The molecule has 3 nitrogen and oxygen atoms in total. The number of ether oxygens (including phenoxy) is 1. The number of anilines is 1. The van der Waals surface area contributed by atoms with E-state index in [1.54, 1.807) is 11.8 Å². The summed E-state index contributed by atoms with van der Waals surface area (Å²) in [4.78, 5) is 15.6. The Morgan fingerprint density at radius 1 is 1.29 bits per heavy atom. The van der Waals surface area contributed by atoms with E-state index < -0.39 is 0 Å². The molecule has 0 N–H and O–H groups in total. The number of thioether (sulfide) groups is 1. The number of hydrogen-bond acceptors (Lipinski definition) is 3. The predicted molar refractivity (Wildman–Crippen MR) is 99.8 cm³/mol. The van der Waals surface area contributed by atoms with E-state index in [9.17, 15) is 4.79 Å². The van der Waals surface area contributed by atoms with Gasteiger partial charge >= 0.3 is 0 Å². The van der Waals surface area contributed by atoms with Crippen LogP contribution < -0.4 is 4.90 Å². The maximum atomic E-state index is 12.7. The third-order valence-corrected chi connectivity index (χ3v) is 5.41. The molecule has 1 unspecified atom stereocenters. The van der Waals surface area contributed by atoms with Crippen LogP contribution in [0.25, 0.3) is 0 Å². The summed E-state index contributed by atoms with van der Waals surface area (Å²) in [5, 5.41) is 1.11. The van der Waals surface area contributed by atoms with Crippen LogP contribution >= 0.6 is 23.4 Å². The van der Waals surface area contributed by atoms with Gasteiger partial charge in [-0.1, -0.05) is 48.9 Å². The number of carbonyl (C=O) groups excluding carboxylic acids is 1. The molecule has 5 heteroatoms. The molecule has 1 atom stereocenters. The summed E-state index contributed by atoms with van der Waals surface area (Å²) < 4.78 is 5.62. The highest BCUT2D eigenvalue weighted by atomic mass is 35.5. The molecule has 1 aliphatic rings. The Bertz CT molecular complexity index is 708. The van der Waals surface area contributed by atoms with Crippen molar-refractivity contribution in [3.8, 4) is 0 Å². The van der Waals surface area contributed by atoms with Crippen molar-refractivity contribution >= 4 is 35.0 Å². The fourth-order valence-corrected chi connectivity index (χ4v) is 3.94. The van der Waals surface area contributed by atoms with Crippen molar-refractivity contribution < 1.29 is 9.53 Å². The molecule has 3 rings (SSSR count). The van der Waals surface area contributed by atoms with Gasteiger partial charge in [0.25, 0.3) is 5.91 Å². The Balaban J connectivity index is 1.69.